The predicted molar refractivity (Wildman–Crippen MR) is 108 cm³/mol. The highest BCUT2D eigenvalue weighted by atomic mass is 35.5. The molecule has 1 aliphatic rings. The molecule has 2 aromatic carbocycles. The van der Waals surface area contributed by atoms with Gasteiger partial charge in [-0.3, -0.25) is 0 Å². The summed E-state index contributed by atoms with van der Waals surface area (Å²) in [6.45, 7) is 0. The summed E-state index contributed by atoms with van der Waals surface area (Å²) in [5.41, 5.74) is 3.22. The number of nitrogens with zero attached hydrogens (tertiary/aromatic N) is 1. The van der Waals surface area contributed by atoms with Crippen LogP contribution in [0.4, 0.5) is 13.2 Å². The Kier molecular flexibility index (Phi) is 5.21. The van der Waals surface area contributed by atoms with E-state index in [9.17, 15) is 13.2 Å². The summed E-state index contributed by atoms with van der Waals surface area (Å²) in [5.74, 6) is 0.607. The van der Waals surface area contributed by atoms with E-state index >= 15 is 0 Å². The minimum absolute atomic E-state index is 0.243. The molecule has 0 unspecified atom stereocenters. The number of alkyl halides is 3. The van der Waals surface area contributed by atoms with Gasteiger partial charge in [0, 0.05) is 26.1 Å². The van der Waals surface area contributed by atoms with E-state index in [4.69, 9.17) is 23.2 Å². The summed E-state index contributed by atoms with van der Waals surface area (Å²) in [6, 6.07) is 9.46. The van der Waals surface area contributed by atoms with Crippen LogP contribution in [-0.4, -0.2) is 17.1 Å². The Morgan fingerprint density at radius 1 is 1.07 bits per heavy atom. The molecular weight excluding hydrogens is 430 g/mol. The first-order chi connectivity index (χ1) is 13.3. The van der Waals surface area contributed by atoms with Crippen molar-refractivity contribution in [3.8, 4) is 5.75 Å². The SMILES string of the molecule is FC(F)(F)Oc1ccc2nc(C=Cc3ccc(Cl)cc3Cl)c3c(c2c1)SCC3. The van der Waals surface area contributed by atoms with Crippen LogP contribution in [0.25, 0.3) is 23.1 Å². The van der Waals surface area contributed by atoms with Gasteiger partial charge < -0.3 is 4.74 Å². The van der Waals surface area contributed by atoms with Gasteiger partial charge in [-0.25, -0.2) is 4.98 Å². The summed E-state index contributed by atoms with van der Waals surface area (Å²) in [4.78, 5) is 5.58. The van der Waals surface area contributed by atoms with Gasteiger partial charge in [0.05, 0.1) is 11.2 Å². The molecule has 4 rings (SSSR count). The maximum atomic E-state index is 12.5. The third-order valence-corrected chi connectivity index (χ3v) is 5.98. The van der Waals surface area contributed by atoms with Crippen molar-refractivity contribution in [2.24, 2.45) is 0 Å². The van der Waals surface area contributed by atoms with Crippen molar-refractivity contribution in [1.29, 1.82) is 0 Å². The Balaban J connectivity index is 1.76. The van der Waals surface area contributed by atoms with Crippen LogP contribution >= 0.6 is 35.0 Å². The lowest BCUT2D eigenvalue weighted by atomic mass is 10.1. The highest BCUT2D eigenvalue weighted by Gasteiger charge is 2.31. The molecule has 1 aromatic heterocycles. The average Bonchev–Trinajstić information content (AvgIpc) is 3.10. The summed E-state index contributed by atoms with van der Waals surface area (Å²) in [6.07, 6.45) is -0.199. The quantitative estimate of drug-likeness (QED) is 0.426. The number of ether oxygens (including phenoxy) is 1. The van der Waals surface area contributed by atoms with E-state index in [1.54, 1.807) is 30.0 Å². The standard InChI is InChI=1S/C20H12Cl2F3NOS/c21-12-3-1-11(16(22)9-12)2-5-17-14-7-8-28-19(14)15-10-13(27-20(23,24)25)4-6-18(15)26-17/h1-6,9-10H,7-8H2. The van der Waals surface area contributed by atoms with Gasteiger partial charge in [0.25, 0.3) is 0 Å². The van der Waals surface area contributed by atoms with Crippen molar-refractivity contribution in [2.45, 2.75) is 17.7 Å². The number of rotatable bonds is 3. The molecule has 8 heteroatoms. The summed E-state index contributed by atoms with van der Waals surface area (Å²) in [5, 5.41) is 1.76. The number of pyridine rings is 1. The molecule has 28 heavy (non-hydrogen) atoms. The third-order valence-electron chi connectivity index (χ3n) is 4.25. The second-order valence-electron chi connectivity index (χ2n) is 6.13. The van der Waals surface area contributed by atoms with Crippen LogP contribution in [0.2, 0.25) is 10.0 Å². The number of hydrogen-bond acceptors (Lipinski definition) is 3. The molecule has 0 radical (unpaired) electrons. The van der Waals surface area contributed by atoms with Gasteiger partial charge in [0.1, 0.15) is 5.75 Å². The molecule has 0 N–H and O–H groups in total. The largest absolute Gasteiger partial charge is 0.573 e. The molecule has 2 heterocycles. The first-order valence-corrected chi connectivity index (χ1v) is 10.0. The Morgan fingerprint density at radius 3 is 2.64 bits per heavy atom. The van der Waals surface area contributed by atoms with Gasteiger partial charge in [-0.1, -0.05) is 35.3 Å². The molecule has 144 valence electrons. The highest BCUT2D eigenvalue weighted by Crippen LogP contribution is 2.40. The number of fused-ring (bicyclic) bond motifs is 3. The van der Waals surface area contributed by atoms with E-state index < -0.39 is 6.36 Å². The molecule has 0 amide bonds. The zero-order valence-electron chi connectivity index (χ0n) is 14.2. The average molecular weight is 442 g/mol. The van der Waals surface area contributed by atoms with E-state index in [0.717, 1.165) is 33.9 Å². The van der Waals surface area contributed by atoms with Crippen LogP contribution in [0.3, 0.4) is 0 Å². The lowest BCUT2D eigenvalue weighted by Gasteiger charge is -2.12. The Hall–Kier alpha value is -1.89. The fourth-order valence-corrected chi connectivity index (χ4v) is 4.75. The summed E-state index contributed by atoms with van der Waals surface area (Å²) >= 11 is 13.7. The monoisotopic (exact) mass is 441 g/mol. The normalized spacial score (nSPS) is 14.0. The molecule has 0 spiro atoms. The summed E-state index contributed by atoms with van der Waals surface area (Å²) < 4.78 is 41.6. The second-order valence-corrected chi connectivity index (χ2v) is 8.08. The molecule has 0 aliphatic carbocycles. The van der Waals surface area contributed by atoms with E-state index in [0.29, 0.717) is 20.9 Å². The van der Waals surface area contributed by atoms with Gasteiger partial charge in [-0.15, -0.1) is 24.9 Å². The van der Waals surface area contributed by atoms with Crippen molar-refractivity contribution in [1.82, 2.24) is 4.98 Å². The number of benzene rings is 2. The van der Waals surface area contributed by atoms with Gasteiger partial charge in [-0.2, -0.15) is 0 Å². The lowest BCUT2D eigenvalue weighted by molar-refractivity contribution is -0.274. The zero-order chi connectivity index (χ0) is 19.9. The fourth-order valence-electron chi connectivity index (χ4n) is 3.07. The Morgan fingerprint density at radius 2 is 1.89 bits per heavy atom. The van der Waals surface area contributed by atoms with Gasteiger partial charge >= 0.3 is 6.36 Å². The molecule has 0 fully saturated rings. The van der Waals surface area contributed by atoms with Crippen molar-refractivity contribution >= 4 is 58.0 Å². The van der Waals surface area contributed by atoms with Crippen LogP contribution < -0.4 is 4.74 Å². The lowest BCUT2D eigenvalue weighted by Crippen LogP contribution is -2.17. The van der Waals surface area contributed by atoms with Gasteiger partial charge in [-0.05, 0) is 54.0 Å². The van der Waals surface area contributed by atoms with E-state index in [-0.39, 0.29) is 5.75 Å². The van der Waals surface area contributed by atoms with Crippen LogP contribution in [0.15, 0.2) is 41.3 Å². The fraction of sp³-hybridized carbons (Fsp3) is 0.150. The van der Waals surface area contributed by atoms with Gasteiger partial charge in [0.2, 0.25) is 0 Å². The van der Waals surface area contributed by atoms with Crippen LogP contribution in [0, 0.1) is 0 Å². The number of thioether (sulfide) groups is 1. The van der Waals surface area contributed by atoms with Gasteiger partial charge in [0.15, 0.2) is 0 Å². The highest BCUT2D eigenvalue weighted by molar-refractivity contribution is 7.99. The van der Waals surface area contributed by atoms with E-state index in [1.807, 2.05) is 18.2 Å². The van der Waals surface area contributed by atoms with Crippen LogP contribution in [0.5, 0.6) is 5.75 Å². The molecule has 2 nitrogen and oxygen atoms in total. The molecular formula is C20H12Cl2F3NOS. The molecule has 1 aliphatic heterocycles. The number of hydrogen-bond donors (Lipinski definition) is 0. The van der Waals surface area contributed by atoms with Crippen molar-refractivity contribution in [2.75, 3.05) is 5.75 Å². The van der Waals surface area contributed by atoms with E-state index in [2.05, 4.69) is 9.72 Å². The minimum atomic E-state index is -4.72. The minimum Gasteiger partial charge on any atom is -0.406 e. The first-order valence-electron chi connectivity index (χ1n) is 8.28. The molecule has 3 aromatic rings. The molecule has 0 saturated carbocycles. The second kappa shape index (κ2) is 7.50. The summed E-state index contributed by atoms with van der Waals surface area (Å²) in [7, 11) is 0. The zero-order valence-corrected chi connectivity index (χ0v) is 16.5. The third kappa shape index (κ3) is 4.09. The smallest absolute Gasteiger partial charge is 0.406 e. The maximum absolute atomic E-state index is 12.5. The number of aromatic nitrogens is 1. The predicted octanol–water partition coefficient (Wildman–Crippen LogP) is 7.26. The topological polar surface area (TPSA) is 22.1 Å². The van der Waals surface area contributed by atoms with Crippen molar-refractivity contribution < 1.29 is 17.9 Å². The Labute approximate surface area is 173 Å². The Bertz CT molecular complexity index is 1100. The van der Waals surface area contributed by atoms with Crippen molar-refractivity contribution in [3.05, 3.63) is 63.3 Å². The van der Waals surface area contributed by atoms with Crippen LogP contribution in [-0.2, 0) is 6.42 Å². The molecule has 0 saturated heterocycles. The maximum Gasteiger partial charge on any atom is 0.573 e. The molecule has 0 atom stereocenters. The number of halogens is 5. The first kappa shape index (κ1) is 19.4. The van der Waals surface area contributed by atoms with E-state index in [1.165, 1.54) is 12.1 Å². The van der Waals surface area contributed by atoms with Crippen LogP contribution in [0.1, 0.15) is 16.8 Å². The molecule has 0 bridgehead atoms. The van der Waals surface area contributed by atoms with Crippen molar-refractivity contribution in [3.63, 3.8) is 0 Å².